The van der Waals surface area contributed by atoms with E-state index in [-0.39, 0.29) is 11.3 Å². The maximum Gasteiger partial charge on any atom is 0.301 e. The third-order valence-electron chi connectivity index (χ3n) is 4.00. The number of amides is 2. The molecule has 1 aliphatic rings. The molecule has 0 aromatic heterocycles. The van der Waals surface area contributed by atoms with Crippen LogP contribution in [-0.2, 0) is 9.59 Å². The van der Waals surface area contributed by atoms with Crippen molar-refractivity contribution in [2.45, 2.75) is 13.3 Å². The number of rotatable bonds is 6. The second kappa shape index (κ2) is 7.31. The van der Waals surface area contributed by atoms with Crippen molar-refractivity contribution in [1.29, 1.82) is 0 Å². The van der Waals surface area contributed by atoms with Crippen LogP contribution in [0.5, 0.6) is 11.5 Å². The Morgan fingerprint density at radius 1 is 1.00 bits per heavy atom. The molecule has 0 bridgehead atoms. The van der Waals surface area contributed by atoms with Crippen LogP contribution in [0.2, 0.25) is 0 Å². The molecule has 3 rings (SSSR count). The van der Waals surface area contributed by atoms with Gasteiger partial charge in [-0.15, -0.1) is 0 Å². The van der Waals surface area contributed by atoms with Gasteiger partial charge in [-0.3, -0.25) is 9.59 Å². The summed E-state index contributed by atoms with van der Waals surface area (Å²) < 4.78 is 10.7. The van der Waals surface area contributed by atoms with Crippen molar-refractivity contribution in [3.63, 3.8) is 0 Å². The maximum absolute atomic E-state index is 12.9. The molecule has 0 spiro atoms. The van der Waals surface area contributed by atoms with Gasteiger partial charge in [-0.25, -0.2) is 4.90 Å². The zero-order valence-electron chi connectivity index (χ0n) is 14.6. The number of para-hydroxylation sites is 2. The Bertz CT molecular complexity index is 870. The summed E-state index contributed by atoms with van der Waals surface area (Å²) in [5, 5.41) is 10.3. The first-order chi connectivity index (χ1) is 12.6. The molecule has 1 N–H and O–H groups in total. The van der Waals surface area contributed by atoms with Gasteiger partial charge in [-0.2, -0.15) is 0 Å². The van der Waals surface area contributed by atoms with Gasteiger partial charge in [-0.1, -0.05) is 31.2 Å². The molecule has 6 nitrogen and oxygen atoms in total. The van der Waals surface area contributed by atoms with E-state index in [0.29, 0.717) is 23.7 Å². The van der Waals surface area contributed by atoms with Crippen LogP contribution in [0, 0.1) is 0 Å². The van der Waals surface area contributed by atoms with Crippen molar-refractivity contribution in [3.8, 4) is 11.5 Å². The fourth-order valence-electron chi connectivity index (χ4n) is 2.75. The summed E-state index contributed by atoms with van der Waals surface area (Å²) in [4.78, 5) is 26.3. The van der Waals surface area contributed by atoms with E-state index in [9.17, 15) is 14.7 Å². The lowest BCUT2D eigenvalue weighted by Gasteiger charge is -2.17. The summed E-state index contributed by atoms with van der Waals surface area (Å²) in [6, 6.07) is 13.4. The summed E-state index contributed by atoms with van der Waals surface area (Å²) >= 11 is 0. The number of carbonyl (C=O) groups excluding carboxylic acids is 2. The predicted octanol–water partition coefficient (Wildman–Crippen LogP) is 3.33. The van der Waals surface area contributed by atoms with Crippen LogP contribution in [-0.4, -0.2) is 30.6 Å². The first-order valence-electron chi connectivity index (χ1n) is 8.26. The first kappa shape index (κ1) is 17.5. The van der Waals surface area contributed by atoms with Crippen LogP contribution in [0.1, 0.15) is 18.9 Å². The summed E-state index contributed by atoms with van der Waals surface area (Å²) in [6.07, 6.45) is 0.883. The number of carbonyl (C=O) groups is 2. The third-order valence-corrected chi connectivity index (χ3v) is 4.00. The minimum atomic E-state index is -0.777. The van der Waals surface area contributed by atoms with Gasteiger partial charge < -0.3 is 14.6 Å². The summed E-state index contributed by atoms with van der Waals surface area (Å²) in [5.41, 5.74) is 0.694. The minimum absolute atomic E-state index is 0.0389. The Morgan fingerprint density at radius 2 is 1.69 bits per heavy atom. The van der Waals surface area contributed by atoms with Gasteiger partial charge in [0.1, 0.15) is 11.5 Å². The van der Waals surface area contributed by atoms with Crippen molar-refractivity contribution in [2.24, 2.45) is 0 Å². The number of aliphatic hydroxyl groups is 1. The average molecular weight is 353 g/mol. The predicted molar refractivity (Wildman–Crippen MR) is 97.3 cm³/mol. The molecule has 0 unspecified atom stereocenters. The Morgan fingerprint density at radius 3 is 2.35 bits per heavy atom. The van der Waals surface area contributed by atoms with Gasteiger partial charge in [0.15, 0.2) is 5.76 Å². The van der Waals surface area contributed by atoms with Crippen LogP contribution in [0.3, 0.4) is 0 Å². The van der Waals surface area contributed by atoms with Crippen molar-refractivity contribution in [3.05, 3.63) is 59.9 Å². The molecular weight excluding hydrogens is 334 g/mol. The smallest absolute Gasteiger partial charge is 0.301 e. The number of anilines is 1. The molecule has 2 amide bonds. The molecule has 26 heavy (non-hydrogen) atoms. The van der Waals surface area contributed by atoms with E-state index in [2.05, 4.69) is 0 Å². The van der Waals surface area contributed by atoms with Crippen molar-refractivity contribution >= 4 is 23.1 Å². The quantitative estimate of drug-likeness (QED) is 0.806. The SMILES string of the molecule is CCCOc1ccc(C2=C(O)C(=O)N(c3ccccc3OC)C2=O)cc1. The summed E-state index contributed by atoms with van der Waals surface area (Å²) in [5.74, 6) is -0.927. The highest BCUT2D eigenvalue weighted by Gasteiger charge is 2.41. The first-order valence-corrected chi connectivity index (χ1v) is 8.26. The molecule has 0 radical (unpaired) electrons. The topological polar surface area (TPSA) is 76.1 Å². The highest BCUT2D eigenvalue weighted by Crippen LogP contribution is 2.36. The number of aliphatic hydroxyl groups excluding tert-OH is 1. The molecule has 2 aromatic rings. The summed E-state index contributed by atoms with van der Waals surface area (Å²) in [7, 11) is 1.45. The zero-order chi connectivity index (χ0) is 18.7. The maximum atomic E-state index is 12.9. The zero-order valence-corrected chi connectivity index (χ0v) is 14.6. The number of benzene rings is 2. The Labute approximate surface area is 151 Å². The fourth-order valence-corrected chi connectivity index (χ4v) is 2.75. The van der Waals surface area contributed by atoms with Gasteiger partial charge in [0.2, 0.25) is 0 Å². The lowest BCUT2D eigenvalue weighted by molar-refractivity contribution is -0.121. The van der Waals surface area contributed by atoms with Crippen LogP contribution < -0.4 is 14.4 Å². The lowest BCUT2D eigenvalue weighted by Crippen LogP contribution is -2.31. The second-order valence-electron chi connectivity index (χ2n) is 5.71. The van der Waals surface area contributed by atoms with Crippen molar-refractivity contribution < 1.29 is 24.2 Å². The van der Waals surface area contributed by atoms with Crippen LogP contribution >= 0.6 is 0 Å². The highest BCUT2D eigenvalue weighted by molar-refractivity contribution is 6.45. The monoisotopic (exact) mass is 353 g/mol. The highest BCUT2D eigenvalue weighted by atomic mass is 16.5. The molecule has 1 heterocycles. The standard InChI is InChI=1S/C20H19NO5/c1-3-12-26-14-10-8-13(9-11-14)17-18(22)20(24)21(19(17)23)15-6-4-5-7-16(15)25-2/h4-11,22H,3,12H2,1-2H3. The molecule has 0 aliphatic carbocycles. The van der Waals surface area contributed by atoms with Crippen LogP contribution in [0.4, 0.5) is 5.69 Å². The van der Waals surface area contributed by atoms with E-state index in [1.54, 1.807) is 48.5 Å². The van der Waals surface area contributed by atoms with E-state index in [4.69, 9.17) is 9.47 Å². The van der Waals surface area contributed by atoms with Crippen molar-refractivity contribution in [2.75, 3.05) is 18.6 Å². The second-order valence-corrected chi connectivity index (χ2v) is 5.71. The molecule has 0 atom stereocenters. The molecule has 0 fully saturated rings. The number of hydrogen-bond donors (Lipinski definition) is 1. The molecule has 0 saturated carbocycles. The number of imide groups is 1. The summed E-state index contributed by atoms with van der Waals surface area (Å²) in [6.45, 7) is 2.60. The number of nitrogens with zero attached hydrogens (tertiary/aromatic N) is 1. The Kier molecular flexibility index (Phi) is 4.93. The van der Waals surface area contributed by atoms with Gasteiger partial charge in [0, 0.05) is 0 Å². The van der Waals surface area contributed by atoms with E-state index in [0.717, 1.165) is 11.3 Å². The Balaban J connectivity index is 1.94. The van der Waals surface area contributed by atoms with E-state index >= 15 is 0 Å². The third kappa shape index (κ3) is 3.01. The minimum Gasteiger partial charge on any atom is -0.502 e. The van der Waals surface area contributed by atoms with E-state index < -0.39 is 17.6 Å². The molecule has 0 saturated heterocycles. The fraction of sp³-hybridized carbons (Fsp3) is 0.200. The van der Waals surface area contributed by atoms with Crippen LogP contribution in [0.25, 0.3) is 5.57 Å². The van der Waals surface area contributed by atoms with Crippen LogP contribution in [0.15, 0.2) is 54.3 Å². The largest absolute Gasteiger partial charge is 0.502 e. The number of methoxy groups -OCH3 is 1. The van der Waals surface area contributed by atoms with E-state index in [1.807, 2.05) is 6.92 Å². The van der Waals surface area contributed by atoms with Gasteiger partial charge in [0.25, 0.3) is 5.91 Å². The molecule has 134 valence electrons. The Hall–Kier alpha value is -3.28. The lowest BCUT2D eigenvalue weighted by atomic mass is 10.1. The molecule has 6 heteroatoms. The van der Waals surface area contributed by atoms with E-state index in [1.165, 1.54) is 7.11 Å². The van der Waals surface area contributed by atoms with Crippen molar-refractivity contribution in [1.82, 2.24) is 0 Å². The normalized spacial score (nSPS) is 14.2. The molecule has 1 aliphatic heterocycles. The molecule has 2 aromatic carbocycles. The van der Waals surface area contributed by atoms with Gasteiger partial charge in [0.05, 0.1) is 25.0 Å². The van der Waals surface area contributed by atoms with Gasteiger partial charge in [-0.05, 0) is 36.2 Å². The average Bonchev–Trinajstić information content (AvgIpc) is 2.89. The molecular formula is C20H19NO5. The number of hydrogen-bond acceptors (Lipinski definition) is 5. The van der Waals surface area contributed by atoms with Gasteiger partial charge >= 0.3 is 5.91 Å². The number of ether oxygens (including phenoxy) is 2.